The Morgan fingerprint density at radius 1 is 1.03 bits per heavy atom. The van der Waals surface area contributed by atoms with E-state index in [0.29, 0.717) is 24.7 Å². The Morgan fingerprint density at radius 2 is 1.79 bits per heavy atom. The van der Waals surface area contributed by atoms with E-state index in [1.807, 2.05) is 24.3 Å². The van der Waals surface area contributed by atoms with Crippen LogP contribution in [0.2, 0.25) is 0 Å². The van der Waals surface area contributed by atoms with Crippen molar-refractivity contribution in [1.82, 2.24) is 5.32 Å². The van der Waals surface area contributed by atoms with Crippen molar-refractivity contribution in [2.75, 3.05) is 18.6 Å². The maximum atomic E-state index is 12.5. The lowest BCUT2D eigenvalue weighted by molar-refractivity contribution is -0.118. The van der Waals surface area contributed by atoms with Gasteiger partial charge in [0.2, 0.25) is 5.91 Å². The van der Waals surface area contributed by atoms with E-state index in [1.165, 1.54) is 11.1 Å². The summed E-state index contributed by atoms with van der Waals surface area (Å²) in [4.78, 5) is 14.7. The first-order valence-electron chi connectivity index (χ1n) is 11.6. The molecule has 0 radical (unpaired) electrons. The number of amides is 1. The second-order valence-electron chi connectivity index (χ2n) is 9.56. The first kappa shape index (κ1) is 22.1. The molecule has 3 aromatic rings. The molecule has 2 aliphatic rings. The van der Waals surface area contributed by atoms with Crippen LogP contribution in [0.3, 0.4) is 0 Å². The standard InChI is InChI=1S/C29H30N2O3/c1-20-9-11-22(12-10-20)19-34-25-14-13-21(17-26(25)33-4)15-16-29-28(2,3)23-7-5-6-8-24(23)31(29)18-27(32)30-29/h5-17H,18-19H2,1-4H3,(H,30,32)/b16-15+. The minimum atomic E-state index is -0.623. The number of ether oxygens (including phenoxy) is 2. The molecule has 174 valence electrons. The maximum Gasteiger partial charge on any atom is 0.241 e. The van der Waals surface area contributed by atoms with E-state index in [0.717, 1.165) is 16.8 Å². The van der Waals surface area contributed by atoms with Crippen LogP contribution in [0.15, 0.2) is 72.8 Å². The predicted octanol–water partition coefficient (Wildman–Crippen LogP) is 5.22. The molecule has 1 amide bonds. The molecule has 5 rings (SSSR count). The summed E-state index contributed by atoms with van der Waals surface area (Å²) >= 11 is 0. The fourth-order valence-electron chi connectivity index (χ4n) is 5.11. The molecule has 1 saturated heterocycles. The summed E-state index contributed by atoms with van der Waals surface area (Å²) in [6.07, 6.45) is 4.16. The van der Waals surface area contributed by atoms with Crippen molar-refractivity contribution in [2.24, 2.45) is 0 Å². The molecule has 34 heavy (non-hydrogen) atoms. The summed E-state index contributed by atoms with van der Waals surface area (Å²) in [6, 6.07) is 22.5. The smallest absolute Gasteiger partial charge is 0.241 e. The number of hydrogen-bond acceptors (Lipinski definition) is 4. The molecule has 2 heterocycles. The zero-order valence-electron chi connectivity index (χ0n) is 20.1. The average molecular weight is 455 g/mol. The third kappa shape index (κ3) is 3.52. The highest BCUT2D eigenvalue weighted by atomic mass is 16.5. The van der Waals surface area contributed by atoms with Crippen LogP contribution in [-0.4, -0.2) is 25.2 Å². The molecule has 0 aliphatic carbocycles. The molecule has 3 aromatic carbocycles. The number of carbonyl (C=O) groups is 1. The predicted molar refractivity (Wildman–Crippen MR) is 135 cm³/mol. The summed E-state index contributed by atoms with van der Waals surface area (Å²) in [6.45, 7) is 7.26. The van der Waals surface area contributed by atoms with E-state index >= 15 is 0 Å². The summed E-state index contributed by atoms with van der Waals surface area (Å²) in [7, 11) is 1.65. The molecule has 1 unspecified atom stereocenters. The fourth-order valence-corrected chi connectivity index (χ4v) is 5.11. The molecule has 1 N–H and O–H groups in total. The number of benzene rings is 3. The summed E-state index contributed by atoms with van der Waals surface area (Å²) in [5.74, 6) is 1.40. The molecule has 0 saturated carbocycles. The number of nitrogens with zero attached hydrogens (tertiary/aromatic N) is 1. The Kier molecular flexibility index (Phi) is 5.35. The second-order valence-corrected chi connectivity index (χ2v) is 9.56. The lowest BCUT2D eigenvalue weighted by Gasteiger charge is -2.40. The highest BCUT2D eigenvalue weighted by Gasteiger charge is 2.59. The number of methoxy groups -OCH3 is 1. The van der Waals surface area contributed by atoms with Crippen molar-refractivity contribution >= 4 is 17.7 Å². The van der Waals surface area contributed by atoms with Gasteiger partial charge in [-0.25, -0.2) is 0 Å². The molecule has 1 fully saturated rings. The van der Waals surface area contributed by atoms with Gasteiger partial charge in [0.25, 0.3) is 0 Å². The van der Waals surface area contributed by atoms with E-state index < -0.39 is 5.66 Å². The first-order valence-corrected chi connectivity index (χ1v) is 11.6. The Hall–Kier alpha value is -3.73. The van der Waals surface area contributed by atoms with E-state index in [2.05, 4.69) is 85.6 Å². The van der Waals surface area contributed by atoms with Crippen LogP contribution in [0.25, 0.3) is 6.08 Å². The van der Waals surface area contributed by atoms with Gasteiger partial charge >= 0.3 is 0 Å². The normalized spacial score (nSPS) is 20.2. The van der Waals surface area contributed by atoms with E-state index in [4.69, 9.17) is 9.47 Å². The fraction of sp³-hybridized carbons (Fsp3) is 0.276. The van der Waals surface area contributed by atoms with Gasteiger partial charge in [-0.15, -0.1) is 0 Å². The van der Waals surface area contributed by atoms with Crippen molar-refractivity contribution in [2.45, 2.75) is 38.5 Å². The highest BCUT2D eigenvalue weighted by Crippen LogP contribution is 2.52. The Labute approximate surface area is 201 Å². The van der Waals surface area contributed by atoms with Crippen molar-refractivity contribution < 1.29 is 14.3 Å². The molecular weight excluding hydrogens is 424 g/mol. The Morgan fingerprint density at radius 3 is 2.56 bits per heavy atom. The quantitative estimate of drug-likeness (QED) is 0.555. The third-order valence-corrected chi connectivity index (χ3v) is 7.10. The van der Waals surface area contributed by atoms with Crippen LogP contribution < -0.4 is 19.7 Å². The van der Waals surface area contributed by atoms with E-state index in [1.54, 1.807) is 7.11 Å². The number of rotatable bonds is 6. The summed E-state index contributed by atoms with van der Waals surface area (Å²) in [5.41, 5.74) is 4.72. The lowest BCUT2D eigenvalue weighted by atomic mass is 9.75. The minimum absolute atomic E-state index is 0.0321. The number of carbonyl (C=O) groups excluding carboxylic acids is 1. The van der Waals surface area contributed by atoms with Crippen molar-refractivity contribution in [3.05, 3.63) is 95.1 Å². The molecular formula is C29H30N2O3. The number of hydrogen-bond donors (Lipinski definition) is 1. The van der Waals surface area contributed by atoms with Gasteiger partial charge < -0.3 is 19.7 Å². The zero-order valence-corrected chi connectivity index (χ0v) is 20.1. The monoisotopic (exact) mass is 454 g/mol. The van der Waals surface area contributed by atoms with Gasteiger partial charge in [-0.3, -0.25) is 4.79 Å². The number of fused-ring (bicyclic) bond motifs is 3. The molecule has 0 aromatic heterocycles. The number of nitrogens with one attached hydrogen (secondary N) is 1. The van der Waals surface area contributed by atoms with Crippen LogP contribution in [0, 0.1) is 6.92 Å². The van der Waals surface area contributed by atoms with Crippen LogP contribution in [0.5, 0.6) is 11.5 Å². The van der Waals surface area contributed by atoms with Crippen molar-refractivity contribution in [3.63, 3.8) is 0 Å². The second kappa shape index (κ2) is 8.24. The maximum absolute atomic E-state index is 12.5. The SMILES string of the molecule is COc1cc(/C=C/C23NC(=O)CN2c2ccccc2C3(C)C)ccc1OCc1ccc(C)cc1. The minimum Gasteiger partial charge on any atom is -0.493 e. The van der Waals surface area contributed by atoms with Gasteiger partial charge in [-0.1, -0.05) is 74.0 Å². The average Bonchev–Trinajstić information content (AvgIpc) is 3.27. The molecule has 5 heteroatoms. The molecule has 0 spiro atoms. The third-order valence-electron chi connectivity index (χ3n) is 7.10. The van der Waals surface area contributed by atoms with Gasteiger partial charge in [-0.05, 0) is 47.9 Å². The van der Waals surface area contributed by atoms with Gasteiger partial charge in [-0.2, -0.15) is 0 Å². The van der Waals surface area contributed by atoms with Crippen LogP contribution >= 0.6 is 0 Å². The first-order chi connectivity index (χ1) is 16.3. The molecule has 1 atom stereocenters. The number of para-hydroxylation sites is 1. The van der Waals surface area contributed by atoms with Crippen molar-refractivity contribution in [1.29, 1.82) is 0 Å². The van der Waals surface area contributed by atoms with Crippen molar-refractivity contribution in [3.8, 4) is 11.5 Å². The topological polar surface area (TPSA) is 50.8 Å². The van der Waals surface area contributed by atoms with E-state index in [9.17, 15) is 4.79 Å². The van der Waals surface area contributed by atoms with Crippen LogP contribution in [0.4, 0.5) is 5.69 Å². The number of aryl methyl sites for hydroxylation is 1. The lowest BCUT2D eigenvalue weighted by Crippen LogP contribution is -2.58. The van der Waals surface area contributed by atoms with E-state index in [-0.39, 0.29) is 11.3 Å². The Bertz CT molecular complexity index is 1260. The molecule has 2 aliphatic heterocycles. The van der Waals surface area contributed by atoms with Gasteiger partial charge in [0.1, 0.15) is 12.3 Å². The van der Waals surface area contributed by atoms with Gasteiger partial charge in [0, 0.05) is 11.1 Å². The highest BCUT2D eigenvalue weighted by molar-refractivity contribution is 5.91. The molecule has 0 bridgehead atoms. The summed E-state index contributed by atoms with van der Waals surface area (Å²) < 4.78 is 11.6. The molecule has 5 nitrogen and oxygen atoms in total. The van der Waals surface area contributed by atoms with Gasteiger partial charge in [0.05, 0.1) is 13.7 Å². The Balaban J connectivity index is 1.41. The number of anilines is 1. The zero-order chi connectivity index (χ0) is 23.9. The summed E-state index contributed by atoms with van der Waals surface area (Å²) in [5, 5.41) is 3.26. The van der Waals surface area contributed by atoms with Crippen LogP contribution in [0.1, 0.15) is 36.1 Å². The van der Waals surface area contributed by atoms with Crippen LogP contribution in [-0.2, 0) is 16.8 Å². The van der Waals surface area contributed by atoms with Gasteiger partial charge in [0.15, 0.2) is 11.5 Å². The largest absolute Gasteiger partial charge is 0.493 e.